The maximum atomic E-state index is 12.7. The van der Waals surface area contributed by atoms with Gasteiger partial charge in [0.05, 0.1) is 20.2 Å². The van der Waals surface area contributed by atoms with Crippen molar-refractivity contribution in [2.45, 2.75) is 19.9 Å². The topological polar surface area (TPSA) is 65.1 Å². The summed E-state index contributed by atoms with van der Waals surface area (Å²) in [6.07, 6.45) is 0.878. The average Bonchev–Trinajstić information content (AvgIpc) is 2.79. The molecule has 32 heavy (non-hydrogen) atoms. The summed E-state index contributed by atoms with van der Waals surface area (Å²) < 4.78 is 5.27. The Hall–Kier alpha value is -2.90. The molecule has 0 atom stereocenters. The van der Waals surface area contributed by atoms with Crippen LogP contribution >= 0.6 is 0 Å². The van der Waals surface area contributed by atoms with E-state index in [1.165, 1.54) is 0 Å². The molecule has 0 aromatic heterocycles. The number of carbonyl (C=O) groups excluding carboxylic acids is 2. The number of ether oxygens (including phenoxy) is 1. The molecule has 2 aromatic carbocycles. The normalized spacial score (nSPS) is 14.4. The number of anilines is 1. The molecule has 2 amide bonds. The second-order valence-corrected chi connectivity index (χ2v) is 8.24. The van der Waals surface area contributed by atoms with Gasteiger partial charge >= 0.3 is 0 Å². The maximum absolute atomic E-state index is 12.7. The lowest BCUT2D eigenvalue weighted by atomic mass is 10.1. The van der Waals surface area contributed by atoms with Crippen molar-refractivity contribution in [1.82, 2.24) is 14.7 Å². The fraction of sp³-hybridized carbons (Fsp3) is 0.440. The van der Waals surface area contributed by atoms with Crippen molar-refractivity contribution in [2.75, 3.05) is 58.7 Å². The van der Waals surface area contributed by atoms with Crippen LogP contribution in [0.2, 0.25) is 0 Å². The second kappa shape index (κ2) is 11.6. The first-order valence-electron chi connectivity index (χ1n) is 11.2. The van der Waals surface area contributed by atoms with Gasteiger partial charge in [0, 0.05) is 38.4 Å². The van der Waals surface area contributed by atoms with Gasteiger partial charge in [-0.25, -0.2) is 0 Å². The molecular weight excluding hydrogens is 404 g/mol. The van der Waals surface area contributed by atoms with Gasteiger partial charge in [0.2, 0.25) is 11.8 Å². The monoisotopic (exact) mass is 438 g/mol. The zero-order valence-corrected chi connectivity index (χ0v) is 19.3. The number of hydrogen-bond acceptors (Lipinski definition) is 5. The number of likely N-dealkylation sites (N-methyl/N-ethyl adjacent to an activating group) is 1. The molecule has 1 fully saturated rings. The molecule has 1 heterocycles. The Labute approximate surface area is 190 Å². The summed E-state index contributed by atoms with van der Waals surface area (Å²) in [7, 11) is 3.60. The lowest BCUT2D eigenvalue weighted by molar-refractivity contribution is -0.134. The SMILES string of the molecule is CCc1ccccc1NC(=O)CN1CCN(C(=O)CN(C)Cc2cccc(OC)c2)CC1. The fourth-order valence-corrected chi connectivity index (χ4v) is 3.97. The number of aryl methyl sites for hydroxylation is 1. The van der Waals surface area contributed by atoms with Gasteiger partial charge in [-0.1, -0.05) is 37.3 Å². The van der Waals surface area contributed by atoms with Crippen molar-refractivity contribution < 1.29 is 14.3 Å². The highest BCUT2D eigenvalue weighted by Gasteiger charge is 2.23. The van der Waals surface area contributed by atoms with Crippen molar-refractivity contribution >= 4 is 17.5 Å². The van der Waals surface area contributed by atoms with E-state index in [-0.39, 0.29) is 11.8 Å². The number of benzene rings is 2. The number of amides is 2. The van der Waals surface area contributed by atoms with E-state index in [9.17, 15) is 9.59 Å². The van der Waals surface area contributed by atoms with Crippen molar-refractivity contribution in [3.63, 3.8) is 0 Å². The van der Waals surface area contributed by atoms with E-state index >= 15 is 0 Å². The molecule has 0 unspecified atom stereocenters. The number of nitrogens with one attached hydrogen (secondary N) is 1. The summed E-state index contributed by atoms with van der Waals surface area (Å²) in [6.45, 7) is 6.16. The first kappa shape index (κ1) is 23.8. The van der Waals surface area contributed by atoms with Crippen molar-refractivity contribution in [1.29, 1.82) is 0 Å². The molecule has 1 saturated heterocycles. The zero-order chi connectivity index (χ0) is 22.9. The van der Waals surface area contributed by atoms with Crippen LogP contribution in [0.5, 0.6) is 5.75 Å². The number of carbonyl (C=O) groups is 2. The zero-order valence-electron chi connectivity index (χ0n) is 19.3. The Balaban J connectivity index is 1.41. The molecule has 172 valence electrons. The van der Waals surface area contributed by atoms with Crippen molar-refractivity contribution in [2.24, 2.45) is 0 Å². The summed E-state index contributed by atoms with van der Waals surface area (Å²) in [6, 6.07) is 15.8. The summed E-state index contributed by atoms with van der Waals surface area (Å²) in [5.74, 6) is 0.931. The third-order valence-electron chi connectivity index (χ3n) is 5.76. The van der Waals surface area contributed by atoms with Crippen LogP contribution in [0.1, 0.15) is 18.1 Å². The first-order valence-corrected chi connectivity index (χ1v) is 11.2. The predicted octanol–water partition coefficient (Wildman–Crippen LogP) is 2.47. The number of methoxy groups -OCH3 is 1. The minimum atomic E-state index is -0.0105. The number of nitrogens with zero attached hydrogens (tertiary/aromatic N) is 3. The minimum Gasteiger partial charge on any atom is -0.497 e. The largest absolute Gasteiger partial charge is 0.497 e. The molecule has 7 heteroatoms. The molecule has 2 aromatic rings. The van der Waals surface area contributed by atoms with Crippen LogP contribution in [0.3, 0.4) is 0 Å². The molecule has 1 aliphatic heterocycles. The van der Waals surface area contributed by atoms with Crippen molar-refractivity contribution in [3.05, 3.63) is 59.7 Å². The molecule has 0 bridgehead atoms. The third-order valence-corrected chi connectivity index (χ3v) is 5.76. The van der Waals surface area contributed by atoms with Gasteiger partial charge in [0.25, 0.3) is 0 Å². The minimum absolute atomic E-state index is 0.0105. The summed E-state index contributed by atoms with van der Waals surface area (Å²) in [4.78, 5) is 31.2. The highest BCUT2D eigenvalue weighted by molar-refractivity contribution is 5.93. The lowest BCUT2D eigenvalue weighted by Crippen LogP contribution is -2.52. The maximum Gasteiger partial charge on any atom is 0.238 e. The van der Waals surface area contributed by atoms with Crippen LogP contribution in [0.15, 0.2) is 48.5 Å². The van der Waals surface area contributed by atoms with Gasteiger partial charge < -0.3 is 15.0 Å². The van der Waals surface area contributed by atoms with Gasteiger partial charge in [-0.2, -0.15) is 0 Å². The van der Waals surface area contributed by atoms with E-state index in [4.69, 9.17) is 4.74 Å². The van der Waals surface area contributed by atoms with Gasteiger partial charge in [-0.3, -0.25) is 19.4 Å². The Morgan fingerprint density at radius 1 is 1.06 bits per heavy atom. The summed E-state index contributed by atoms with van der Waals surface area (Å²) in [5, 5.41) is 3.02. The van der Waals surface area contributed by atoms with Crippen LogP contribution in [-0.2, 0) is 22.6 Å². The van der Waals surface area contributed by atoms with Crippen LogP contribution in [0, 0.1) is 0 Å². The van der Waals surface area contributed by atoms with Crippen LogP contribution < -0.4 is 10.1 Å². The van der Waals surface area contributed by atoms with E-state index in [1.54, 1.807) is 7.11 Å². The van der Waals surface area contributed by atoms with Crippen LogP contribution in [0.4, 0.5) is 5.69 Å². The van der Waals surface area contributed by atoms with Gasteiger partial charge in [0.15, 0.2) is 0 Å². The molecule has 0 radical (unpaired) electrons. The number of rotatable bonds is 9. The molecular formula is C25H34N4O3. The Morgan fingerprint density at radius 2 is 1.81 bits per heavy atom. The first-order chi connectivity index (χ1) is 15.5. The molecule has 0 spiro atoms. The highest BCUT2D eigenvalue weighted by atomic mass is 16.5. The fourth-order valence-electron chi connectivity index (χ4n) is 3.97. The van der Waals surface area contributed by atoms with Gasteiger partial charge in [-0.05, 0) is 42.8 Å². The smallest absolute Gasteiger partial charge is 0.238 e. The Bertz CT molecular complexity index is 910. The molecule has 7 nitrogen and oxygen atoms in total. The second-order valence-electron chi connectivity index (χ2n) is 8.24. The molecule has 0 aliphatic carbocycles. The lowest BCUT2D eigenvalue weighted by Gasteiger charge is -2.35. The standard InChI is InChI=1S/C25H34N4O3/c1-4-21-9-5-6-11-23(21)26-24(30)18-28-12-14-29(15-13-28)25(31)19-27(2)17-20-8-7-10-22(16-20)32-3/h5-11,16H,4,12-15,17-19H2,1-3H3,(H,26,30). The molecule has 3 rings (SSSR count). The molecule has 1 aliphatic rings. The molecule has 1 N–H and O–H groups in total. The predicted molar refractivity (Wildman–Crippen MR) is 127 cm³/mol. The molecule has 0 saturated carbocycles. The number of para-hydroxylation sites is 1. The van der Waals surface area contributed by atoms with E-state index < -0.39 is 0 Å². The van der Waals surface area contributed by atoms with Crippen LogP contribution in [0.25, 0.3) is 0 Å². The summed E-state index contributed by atoms with van der Waals surface area (Å²) >= 11 is 0. The van der Waals surface area contributed by atoms with E-state index in [0.717, 1.165) is 29.0 Å². The number of piperazine rings is 1. The summed E-state index contributed by atoms with van der Waals surface area (Å²) in [5.41, 5.74) is 3.13. The van der Waals surface area contributed by atoms with Gasteiger partial charge in [-0.15, -0.1) is 0 Å². The van der Waals surface area contributed by atoms with Crippen LogP contribution in [-0.4, -0.2) is 79.9 Å². The Kier molecular flexibility index (Phi) is 8.64. The van der Waals surface area contributed by atoms with E-state index in [2.05, 4.69) is 17.1 Å². The average molecular weight is 439 g/mol. The van der Waals surface area contributed by atoms with Gasteiger partial charge in [0.1, 0.15) is 5.75 Å². The van der Waals surface area contributed by atoms with Crippen molar-refractivity contribution in [3.8, 4) is 5.75 Å². The van der Waals surface area contributed by atoms with E-state index in [1.807, 2.05) is 65.4 Å². The Morgan fingerprint density at radius 3 is 2.53 bits per heavy atom. The third kappa shape index (κ3) is 6.80. The highest BCUT2D eigenvalue weighted by Crippen LogP contribution is 2.16. The van der Waals surface area contributed by atoms with E-state index in [0.29, 0.717) is 45.8 Å². The number of hydrogen-bond donors (Lipinski definition) is 1. The quantitative estimate of drug-likeness (QED) is 0.652.